The highest BCUT2D eigenvalue weighted by Crippen LogP contribution is 2.51. The van der Waals surface area contributed by atoms with Crippen LogP contribution in [0.2, 0.25) is 10.0 Å². The zero-order chi connectivity index (χ0) is 20.7. The molecule has 0 amide bonds. The molecule has 2 fully saturated rings. The van der Waals surface area contributed by atoms with Crippen molar-refractivity contribution in [2.24, 2.45) is 0 Å². The van der Waals surface area contributed by atoms with Crippen LogP contribution in [0.1, 0.15) is 42.6 Å². The van der Waals surface area contributed by atoms with Crippen molar-refractivity contribution in [2.45, 2.75) is 43.2 Å². The third kappa shape index (κ3) is 3.45. The summed E-state index contributed by atoms with van der Waals surface area (Å²) in [5, 5.41) is 5.41. The van der Waals surface area contributed by atoms with E-state index in [1.54, 1.807) is 12.4 Å². The number of rotatable bonds is 5. The van der Waals surface area contributed by atoms with Gasteiger partial charge in [0.1, 0.15) is 0 Å². The van der Waals surface area contributed by atoms with Crippen molar-refractivity contribution >= 4 is 23.2 Å². The van der Waals surface area contributed by atoms with E-state index in [1.807, 2.05) is 30.3 Å². The number of nitrogens with zero attached hydrogens (tertiary/aromatic N) is 4. The van der Waals surface area contributed by atoms with Gasteiger partial charge in [-0.3, -0.25) is 9.88 Å². The van der Waals surface area contributed by atoms with Crippen molar-refractivity contribution < 1.29 is 4.52 Å². The van der Waals surface area contributed by atoms with Crippen LogP contribution in [0.3, 0.4) is 0 Å². The third-order valence-electron chi connectivity index (χ3n) is 6.42. The smallest absolute Gasteiger partial charge is 0.232 e. The lowest BCUT2D eigenvalue weighted by atomic mass is 9.76. The van der Waals surface area contributed by atoms with Gasteiger partial charge in [0.2, 0.25) is 11.7 Å². The van der Waals surface area contributed by atoms with Gasteiger partial charge in [-0.05, 0) is 55.0 Å². The number of fused-ring (bicyclic) bond motifs is 2. The van der Waals surface area contributed by atoms with Crippen molar-refractivity contribution in [3.05, 3.63) is 76.9 Å². The molecule has 7 heteroatoms. The predicted octanol–water partition coefficient (Wildman–Crippen LogP) is 5.73. The highest BCUT2D eigenvalue weighted by Gasteiger charge is 2.50. The van der Waals surface area contributed by atoms with Crippen molar-refractivity contribution in [3.63, 3.8) is 0 Å². The van der Waals surface area contributed by atoms with Crippen molar-refractivity contribution in [1.29, 1.82) is 0 Å². The molecule has 2 unspecified atom stereocenters. The van der Waals surface area contributed by atoms with Gasteiger partial charge in [0.05, 0.1) is 16.0 Å². The molecule has 154 valence electrons. The van der Waals surface area contributed by atoms with E-state index in [0.29, 0.717) is 33.8 Å². The Morgan fingerprint density at radius 1 is 1.20 bits per heavy atom. The maximum atomic E-state index is 6.36. The second kappa shape index (κ2) is 8.14. The van der Waals surface area contributed by atoms with E-state index in [-0.39, 0.29) is 11.8 Å². The fraction of sp³-hybridized carbons (Fsp3) is 0.348. The topological polar surface area (TPSA) is 55.1 Å². The molecule has 3 aromatic rings. The molecule has 1 aromatic carbocycles. The lowest BCUT2D eigenvalue weighted by molar-refractivity contribution is 0.104. The summed E-state index contributed by atoms with van der Waals surface area (Å²) in [4.78, 5) is 11.5. The Morgan fingerprint density at radius 2 is 2.10 bits per heavy atom. The minimum Gasteiger partial charge on any atom is -0.339 e. The number of halogens is 2. The van der Waals surface area contributed by atoms with Crippen LogP contribution in [0.5, 0.6) is 0 Å². The average Bonchev–Trinajstić information content (AvgIpc) is 3.35. The number of hydrogen-bond acceptors (Lipinski definition) is 5. The van der Waals surface area contributed by atoms with Crippen molar-refractivity contribution in [3.8, 4) is 11.4 Å². The Balaban J connectivity index is 1.56. The molecular formula is C23H22Cl2N4O. The standard InChI is InChI=1S/C23H22Cl2N4O/c1-2-10-29-16-6-8-20(29)21(17(12-16)14-5-7-18(24)19(25)11-14)23-27-22(28-30-23)15-4-3-9-26-13-15/h2-5,7,9,11,13,16-17,20-21H,1,6,8,10,12H2/t16?,17-,20?,21-/m1/s1. The van der Waals surface area contributed by atoms with Crippen LogP contribution in [0.4, 0.5) is 0 Å². The number of pyridine rings is 1. The first-order valence-corrected chi connectivity index (χ1v) is 11.0. The van der Waals surface area contributed by atoms with Gasteiger partial charge in [-0.2, -0.15) is 4.98 Å². The van der Waals surface area contributed by atoms with Gasteiger partial charge in [0.15, 0.2) is 0 Å². The van der Waals surface area contributed by atoms with Crippen LogP contribution in [0.15, 0.2) is 59.9 Å². The molecule has 2 aliphatic rings. The number of benzene rings is 1. The SMILES string of the molecule is C=CCN1C2CCC1[C@H](c1nc(-c3cccnc3)no1)[C@@H](c1ccc(Cl)c(Cl)c1)C2. The zero-order valence-corrected chi connectivity index (χ0v) is 17.9. The molecule has 2 aromatic heterocycles. The van der Waals surface area contributed by atoms with Gasteiger partial charge in [0.25, 0.3) is 0 Å². The van der Waals surface area contributed by atoms with Crippen LogP contribution >= 0.6 is 23.2 Å². The van der Waals surface area contributed by atoms with E-state index in [1.165, 1.54) is 5.56 Å². The predicted molar refractivity (Wildman–Crippen MR) is 118 cm³/mol. The molecule has 0 saturated carbocycles. The van der Waals surface area contributed by atoms with Gasteiger partial charge in [-0.15, -0.1) is 6.58 Å². The molecule has 4 heterocycles. The molecule has 0 spiro atoms. The first kappa shape index (κ1) is 19.7. The summed E-state index contributed by atoms with van der Waals surface area (Å²) in [7, 11) is 0. The minimum absolute atomic E-state index is 0.0823. The summed E-state index contributed by atoms with van der Waals surface area (Å²) in [5.74, 6) is 1.56. The molecule has 5 rings (SSSR count). The second-order valence-corrected chi connectivity index (χ2v) is 8.84. The summed E-state index contributed by atoms with van der Waals surface area (Å²) in [6.07, 6.45) is 8.75. The van der Waals surface area contributed by atoms with Crippen LogP contribution in [-0.4, -0.2) is 38.7 Å². The number of aromatic nitrogens is 3. The summed E-state index contributed by atoms with van der Waals surface area (Å²) in [6.45, 7) is 4.82. The zero-order valence-electron chi connectivity index (χ0n) is 16.4. The first-order chi connectivity index (χ1) is 14.7. The third-order valence-corrected chi connectivity index (χ3v) is 7.16. The molecule has 2 bridgehead atoms. The van der Waals surface area contributed by atoms with Gasteiger partial charge in [-0.1, -0.05) is 40.5 Å². The van der Waals surface area contributed by atoms with E-state index in [4.69, 9.17) is 32.7 Å². The molecule has 4 atom stereocenters. The van der Waals surface area contributed by atoms with E-state index in [0.717, 1.165) is 31.4 Å². The fourth-order valence-corrected chi connectivity index (χ4v) is 5.46. The molecule has 2 aliphatic heterocycles. The summed E-state index contributed by atoms with van der Waals surface area (Å²) >= 11 is 12.5. The second-order valence-electron chi connectivity index (χ2n) is 8.02. The Bertz CT molecular complexity index is 1050. The molecule has 5 nitrogen and oxygen atoms in total. The summed E-state index contributed by atoms with van der Waals surface area (Å²) in [6, 6.07) is 10.6. The van der Waals surface area contributed by atoms with Crippen LogP contribution in [0, 0.1) is 0 Å². The van der Waals surface area contributed by atoms with Gasteiger partial charge < -0.3 is 4.52 Å². The largest absolute Gasteiger partial charge is 0.339 e. The molecule has 0 aliphatic carbocycles. The molecule has 30 heavy (non-hydrogen) atoms. The van der Waals surface area contributed by atoms with Crippen LogP contribution < -0.4 is 0 Å². The quantitative estimate of drug-likeness (QED) is 0.474. The Morgan fingerprint density at radius 3 is 2.87 bits per heavy atom. The van der Waals surface area contributed by atoms with E-state index in [2.05, 4.69) is 27.7 Å². The van der Waals surface area contributed by atoms with Gasteiger partial charge >= 0.3 is 0 Å². The maximum Gasteiger partial charge on any atom is 0.232 e. The molecule has 2 saturated heterocycles. The van der Waals surface area contributed by atoms with Crippen LogP contribution in [0.25, 0.3) is 11.4 Å². The Labute approximate surface area is 185 Å². The van der Waals surface area contributed by atoms with Gasteiger partial charge in [-0.25, -0.2) is 0 Å². The highest BCUT2D eigenvalue weighted by molar-refractivity contribution is 6.42. The van der Waals surface area contributed by atoms with Gasteiger partial charge in [0, 0.05) is 36.6 Å². The number of hydrogen-bond donors (Lipinski definition) is 0. The van der Waals surface area contributed by atoms with Crippen molar-refractivity contribution in [1.82, 2.24) is 20.0 Å². The highest BCUT2D eigenvalue weighted by atomic mass is 35.5. The van der Waals surface area contributed by atoms with Crippen LogP contribution in [-0.2, 0) is 0 Å². The summed E-state index contributed by atoms with van der Waals surface area (Å²) in [5.41, 5.74) is 2.02. The van der Waals surface area contributed by atoms with E-state index < -0.39 is 0 Å². The Kier molecular flexibility index (Phi) is 5.35. The lowest BCUT2D eigenvalue weighted by Gasteiger charge is -2.43. The fourth-order valence-electron chi connectivity index (χ4n) is 5.15. The summed E-state index contributed by atoms with van der Waals surface area (Å²) < 4.78 is 5.84. The lowest BCUT2D eigenvalue weighted by Crippen LogP contribution is -2.47. The number of piperidine rings is 1. The average molecular weight is 441 g/mol. The maximum absolute atomic E-state index is 6.36. The van der Waals surface area contributed by atoms with Crippen molar-refractivity contribution in [2.75, 3.05) is 6.54 Å². The van der Waals surface area contributed by atoms with E-state index in [9.17, 15) is 0 Å². The van der Waals surface area contributed by atoms with E-state index >= 15 is 0 Å². The molecule has 0 N–H and O–H groups in total. The normalized spacial score (nSPS) is 26.1. The minimum atomic E-state index is 0.0823. The first-order valence-electron chi connectivity index (χ1n) is 10.2. The molecule has 0 radical (unpaired) electrons. The molecular weight excluding hydrogens is 419 g/mol. The monoisotopic (exact) mass is 440 g/mol. The Hall–Kier alpha value is -2.21.